The van der Waals surface area contributed by atoms with E-state index in [2.05, 4.69) is 15.5 Å². The van der Waals surface area contributed by atoms with Crippen LogP contribution < -0.4 is 5.32 Å². The predicted octanol–water partition coefficient (Wildman–Crippen LogP) is 2.61. The second-order valence-electron chi connectivity index (χ2n) is 3.97. The minimum absolute atomic E-state index is 0.244. The fourth-order valence-corrected chi connectivity index (χ4v) is 2.58. The van der Waals surface area contributed by atoms with Gasteiger partial charge in [0.05, 0.1) is 6.04 Å². The van der Waals surface area contributed by atoms with Crippen molar-refractivity contribution < 1.29 is 4.52 Å². The minimum atomic E-state index is 0.244. The Labute approximate surface area is 97.7 Å². The summed E-state index contributed by atoms with van der Waals surface area (Å²) < 4.78 is 5.31. The Hall–Kier alpha value is -1.20. The van der Waals surface area contributed by atoms with Crippen LogP contribution >= 0.6 is 11.3 Å². The molecule has 0 radical (unpaired) electrons. The van der Waals surface area contributed by atoms with Crippen LogP contribution in [0.2, 0.25) is 0 Å². The molecular weight excluding hydrogens is 222 g/mol. The third-order valence-electron chi connectivity index (χ3n) is 2.83. The van der Waals surface area contributed by atoms with Gasteiger partial charge >= 0.3 is 0 Å². The van der Waals surface area contributed by atoms with E-state index in [0.717, 1.165) is 24.4 Å². The number of thiophene rings is 1. The molecule has 1 aliphatic rings. The molecule has 2 aromatic rings. The van der Waals surface area contributed by atoms with Crippen LogP contribution in [0.5, 0.6) is 0 Å². The molecule has 0 aliphatic carbocycles. The summed E-state index contributed by atoms with van der Waals surface area (Å²) in [6.07, 6.45) is 3.56. The molecule has 84 valence electrons. The lowest BCUT2D eigenvalue weighted by molar-refractivity contribution is 0.297. The lowest BCUT2D eigenvalue weighted by Gasteiger charge is -2.19. The number of hydrogen-bond acceptors (Lipinski definition) is 5. The van der Waals surface area contributed by atoms with Crippen molar-refractivity contribution in [2.75, 3.05) is 6.54 Å². The summed E-state index contributed by atoms with van der Waals surface area (Å²) in [5.41, 5.74) is 1.04. The van der Waals surface area contributed by atoms with E-state index in [1.54, 1.807) is 11.3 Å². The van der Waals surface area contributed by atoms with Gasteiger partial charge in [-0.05, 0) is 30.8 Å². The lowest BCUT2D eigenvalue weighted by atomic mass is 10.1. The van der Waals surface area contributed by atoms with Crippen LogP contribution in [0.15, 0.2) is 21.3 Å². The number of nitrogens with one attached hydrogen (secondary N) is 1. The summed E-state index contributed by atoms with van der Waals surface area (Å²) in [7, 11) is 0. The number of piperidine rings is 1. The van der Waals surface area contributed by atoms with Crippen molar-refractivity contribution in [2.45, 2.75) is 25.3 Å². The molecule has 0 bridgehead atoms. The fraction of sp³-hybridized carbons (Fsp3) is 0.455. The van der Waals surface area contributed by atoms with E-state index in [0.29, 0.717) is 5.82 Å². The first-order chi connectivity index (χ1) is 7.93. The van der Waals surface area contributed by atoms with Gasteiger partial charge in [-0.25, -0.2) is 0 Å². The molecule has 3 rings (SSSR count). The monoisotopic (exact) mass is 235 g/mol. The molecule has 0 spiro atoms. The molecule has 3 heterocycles. The van der Waals surface area contributed by atoms with E-state index in [-0.39, 0.29) is 6.04 Å². The molecule has 16 heavy (non-hydrogen) atoms. The van der Waals surface area contributed by atoms with Crippen molar-refractivity contribution in [1.82, 2.24) is 15.5 Å². The molecule has 1 aliphatic heterocycles. The molecule has 4 nitrogen and oxygen atoms in total. The van der Waals surface area contributed by atoms with Crippen molar-refractivity contribution in [3.05, 3.63) is 22.7 Å². The highest BCUT2D eigenvalue weighted by Crippen LogP contribution is 2.24. The molecule has 1 N–H and O–H groups in total. The van der Waals surface area contributed by atoms with Crippen LogP contribution in [0, 0.1) is 0 Å². The van der Waals surface area contributed by atoms with Gasteiger partial charge in [0.2, 0.25) is 11.7 Å². The van der Waals surface area contributed by atoms with Gasteiger partial charge in [-0.15, -0.1) is 0 Å². The molecule has 1 saturated heterocycles. The maximum absolute atomic E-state index is 5.31. The second-order valence-corrected chi connectivity index (χ2v) is 4.75. The van der Waals surface area contributed by atoms with Crippen LogP contribution in [0.4, 0.5) is 0 Å². The molecule has 0 amide bonds. The average molecular weight is 235 g/mol. The summed E-state index contributed by atoms with van der Waals surface area (Å²) in [5, 5.41) is 11.5. The third-order valence-corrected chi connectivity index (χ3v) is 3.51. The number of rotatable bonds is 2. The highest BCUT2D eigenvalue weighted by Gasteiger charge is 2.21. The van der Waals surface area contributed by atoms with Crippen LogP contribution in [0.3, 0.4) is 0 Å². The molecule has 1 atom stereocenters. The SMILES string of the molecule is c1cc(-c2noc([C@H]3CCCCN3)n2)cs1. The summed E-state index contributed by atoms with van der Waals surface area (Å²) in [5.74, 6) is 1.42. The van der Waals surface area contributed by atoms with E-state index in [4.69, 9.17) is 4.52 Å². The highest BCUT2D eigenvalue weighted by atomic mass is 32.1. The number of hydrogen-bond donors (Lipinski definition) is 1. The maximum atomic E-state index is 5.31. The minimum Gasteiger partial charge on any atom is -0.337 e. The Morgan fingerprint density at radius 1 is 1.44 bits per heavy atom. The zero-order valence-electron chi connectivity index (χ0n) is 8.85. The van der Waals surface area contributed by atoms with Crippen LogP contribution in [-0.4, -0.2) is 16.7 Å². The molecule has 1 fully saturated rings. The third kappa shape index (κ3) is 1.88. The van der Waals surface area contributed by atoms with Gasteiger partial charge in [-0.1, -0.05) is 11.6 Å². The maximum Gasteiger partial charge on any atom is 0.244 e. The van der Waals surface area contributed by atoms with E-state index in [9.17, 15) is 0 Å². The van der Waals surface area contributed by atoms with Crippen molar-refractivity contribution in [2.24, 2.45) is 0 Å². The van der Waals surface area contributed by atoms with Gasteiger partial charge in [-0.2, -0.15) is 16.3 Å². The smallest absolute Gasteiger partial charge is 0.244 e. The topological polar surface area (TPSA) is 51.0 Å². The van der Waals surface area contributed by atoms with Gasteiger partial charge in [0, 0.05) is 10.9 Å². The van der Waals surface area contributed by atoms with Crippen LogP contribution in [0.25, 0.3) is 11.4 Å². The Kier molecular flexibility index (Phi) is 2.71. The second kappa shape index (κ2) is 4.35. The summed E-state index contributed by atoms with van der Waals surface area (Å²) in [6.45, 7) is 1.04. The molecule has 0 aromatic carbocycles. The fourth-order valence-electron chi connectivity index (χ4n) is 1.95. The van der Waals surface area contributed by atoms with Crippen molar-refractivity contribution >= 4 is 11.3 Å². The molecule has 2 aromatic heterocycles. The molecule has 0 saturated carbocycles. The van der Waals surface area contributed by atoms with Gasteiger partial charge in [0.25, 0.3) is 0 Å². The summed E-state index contributed by atoms with van der Waals surface area (Å²) >= 11 is 1.64. The predicted molar refractivity (Wildman–Crippen MR) is 62.2 cm³/mol. The van der Waals surface area contributed by atoms with Gasteiger partial charge in [0.1, 0.15) is 0 Å². The van der Waals surface area contributed by atoms with Crippen molar-refractivity contribution in [3.63, 3.8) is 0 Å². The quantitative estimate of drug-likeness (QED) is 0.869. The van der Waals surface area contributed by atoms with Gasteiger partial charge in [0.15, 0.2) is 0 Å². The number of aromatic nitrogens is 2. The first kappa shape index (κ1) is 9.99. The largest absolute Gasteiger partial charge is 0.337 e. The summed E-state index contributed by atoms with van der Waals surface area (Å²) in [6, 6.07) is 2.25. The Morgan fingerprint density at radius 2 is 2.44 bits per heavy atom. The molecule has 5 heteroatoms. The van der Waals surface area contributed by atoms with Crippen molar-refractivity contribution in [1.29, 1.82) is 0 Å². The highest BCUT2D eigenvalue weighted by molar-refractivity contribution is 7.08. The molecular formula is C11H13N3OS. The Balaban J connectivity index is 1.82. The Morgan fingerprint density at radius 3 is 3.19 bits per heavy atom. The zero-order valence-corrected chi connectivity index (χ0v) is 9.67. The van der Waals surface area contributed by atoms with Crippen LogP contribution in [-0.2, 0) is 0 Å². The van der Waals surface area contributed by atoms with E-state index >= 15 is 0 Å². The average Bonchev–Trinajstić information content (AvgIpc) is 3.01. The van der Waals surface area contributed by atoms with Crippen LogP contribution in [0.1, 0.15) is 31.2 Å². The zero-order chi connectivity index (χ0) is 10.8. The van der Waals surface area contributed by atoms with Crippen molar-refractivity contribution in [3.8, 4) is 11.4 Å². The Bertz CT molecular complexity index is 446. The molecule has 0 unspecified atom stereocenters. The van der Waals surface area contributed by atoms with Gasteiger partial charge < -0.3 is 9.84 Å². The van der Waals surface area contributed by atoms with Gasteiger partial charge in [-0.3, -0.25) is 0 Å². The summed E-state index contributed by atoms with van der Waals surface area (Å²) in [4.78, 5) is 4.44. The number of nitrogens with zero attached hydrogens (tertiary/aromatic N) is 2. The normalized spacial score (nSPS) is 21.1. The van der Waals surface area contributed by atoms with E-state index in [1.807, 2.05) is 16.8 Å². The standard InChI is InChI=1S/C11H13N3OS/c1-2-5-12-9(3-1)11-13-10(14-15-11)8-4-6-16-7-8/h4,6-7,9,12H,1-3,5H2/t9-/m1/s1. The first-order valence-electron chi connectivity index (χ1n) is 5.53. The first-order valence-corrected chi connectivity index (χ1v) is 6.47. The lowest BCUT2D eigenvalue weighted by Crippen LogP contribution is -2.26. The van der Waals surface area contributed by atoms with E-state index in [1.165, 1.54) is 12.8 Å². The van der Waals surface area contributed by atoms with E-state index < -0.39 is 0 Å².